The van der Waals surface area contributed by atoms with Gasteiger partial charge in [-0.15, -0.1) is 0 Å². The zero-order valence-electron chi connectivity index (χ0n) is 16.5. The monoisotopic (exact) mass is 358 g/mol. The molecule has 1 aromatic carbocycles. The molecular formula is C20H30N4O2. The second-order valence-electron chi connectivity index (χ2n) is 8.44. The van der Waals surface area contributed by atoms with E-state index >= 15 is 0 Å². The molecule has 0 saturated carbocycles. The zero-order chi connectivity index (χ0) is 19.1. The Labute approximate surface area is 155 Å². The van der Waals surface area contributed by atoms with Crippen LogP contribution < -0.4 is 4.90 Å². The van der Waals surface area contributed by atoms with E-state index in [9.17, 15) is 9.90 Å². The van der Waals surface area contributed by atoms with Crippen LogP contribution in [0.4, 0.5) is 10.5 Å². The van der Waals surface area contributed by atoms with Crippen LogP contribution in [0.2, 0.25) is 0 Å². The van der Waals surface area contributed by atoms with Gasteiger partial charge in [0.15, 0.2) is 0 Å². The van der Waals surface area contributed by atoms with Gasteiger partial charge in [0.25, 0.3) is 0 Å². The third-order valence-electron chi connectivity index (χ3n) is 5.39. The number of nitrogens with zero attached hydrogens (tertiary/aromatic N) is 4. The van der Waals surface area contributed by atoms with Gasteiger partial charge in [-0.2, -0.15) is 0 Å². The van der Waals surface area contributed by atoms with E-state index in [0.29, 0.717) is 11.7 Å². The molecule has 2 aromatic rings. The maximum Gasteiger partial charge on any atom is 0.411 e. The van der Waals surface area contributed by atoms with Crippen molar-refractivity contribution in [2.45, 2.75) is 58.0 Å². The van der Waals surface area contributed by atoms with Crippen LogP contribution in [0.25, 0.3) is 11.0 Å². The van der Waals surface area contributed by atoms with Gasteiger partial charge in [-0.25, -0.2) is 9.78 Å². The number of fused-ring (bicyclic) bond motifs is 1. The first-order chi connectivity index (χ1) is 12.2. The molecule has 142 valence electrons. The Morgan fingerprint density at radius 1 is 1.35 bits per heavy atom. The van der Waals surface area contributed by atoms with Gasteiger partial charge < -0.3 is 14.6 Å². The highest BCUT2D eigenvalue weighted by Crippen LogP contribution is 2.30. The van der Waals surface area contributed by atoms with Gasteiger partial charge in [0.1, 0.15) is 5.82 Å². The minimum absolute atomic E-state index is 0.0783. The molecule has 6 heteroatoms. The topological polar surface area (TPSA) is 61.6 Å². The summed E-state index contributed by atoms with van der Waals surface area (Å²) < 4.78 is 2.34. The van der Waals surface area contributed by atoms with E-state index in [1.165, 1.54) is 24.2 Å². The molecule has 3 rings (SSSR count). The van der Waals surface area contributed by atoms with Gasteiger partial charge in [-0.1, -0.05) is 27.2 Å². The number of likely N-dealkylation sites (tertiary alicyclic amines) is 1. The average molecular weight is 358 g/mol. The Bertz CT molecular complexity index is 806. The highest BCUT2D eigenvalue weighted by atomic mass is 16.4. The van der Waals surface area contributed by atoms with Crippen molar-refractivity contribution in [2.24, 2.45) is 0 Å². The van der Waals surface area contributed by atoms with E-state index in [4.69, 9.17) is 4.98 Å². The summed E-state index contributed by atoms with van der Waals surface area (Å²) in [7, 11) is 3.77. The van der Waals surface area contributed by atoms with Crippen LogP contribution in [0.1, 0.15) is 45.9 Å². The highest BCUT2D eigenvalue weighted by molar-refractivity contribution is 5.89. The number of amides is 1. The molecule has 1 saturated heterocycles. The molecule has 0 bridgehead atoms. The van der Waals surface area contributed by atoms with Crippen molar-refractivity contribution in [3.05, 3.63) is 24.0 Å². The molecule has 1 atom stereocenters. The van der Waals surface area contributed by atoms with Crippen LogP contribution in [0.3, 0.4) is 0 Å². The highest BCUT2D eigenvalue weighted by Gasteiger charge is 2.27. The maximum absolute atomic E-state index is 11.3. The number of rotatable bonds is 3. The SMILES string of the molecule is CN(C(=O)O)c1ccc2c(c1)nc(C(C)(C)C)n2CC1CCCCN1C. The number of likely N-dealkylation sites (N-methyl/N-ethyl adjacent to an activating group) is 1. The summed E-state index contributed by atoms with van der Waals surface area (Å²) in [5, 5.41) is 9.24. The second kappa shape index (κ2) is 6.91. The second-order valence-corrected chi connectivity index (χ2v) is 8.44. The Kier molecular flexibility index (Phi) is 4.97. The van der Waals surface area contributed by atoms with Crippen molar-refractivity contribution in [3.63, 3.8) is 0 Å². The number of carbonyl (C=O) groups is 1. The Hall–Kier alpha value is -2.08. The fourth-order valence-corrected chi connectivity index (χ4v) is 3.78. The van der Waals surface area contributed by atoms with Gasteiger partial charge in [0.2, 0.25) is 0 Å². The number of piperidine rings is 1. The number of imidazole rings is 1. The summed E-state index contributed by atoms with van der Waals surface area (Å²) in [6, 6.07) is 6.27. The molecule has 2 heterocycles. The summed E-state index contributed by atoms with van der Waals surface area (Å²) in [6.07, 6.45) is 2.79. The Morgan fingerprint density at radius 2 is 2.08 bits per heavy atom. The van der Waals surface area contributed by atoms with Gasteiger partial charge >= 0.3 is 6.09 Å². The van der Waals surface area contributed by atoms with Crippen molar-refractivity contribution in [2.75, 3.05) is 25.5 Å². The summed E-state index contributed by atoms with van der Waals surface area (Å²) in [5.74, 6) is 1.06. The molecule has 0 aliphatic carbocycles. The van der Waals surface area contributed by atoms with Gasteiger partial charge in [-0.3, -0.25) is 4.90 Å². The molecule has 1 aromatic heterocycles. The first kappa shape index (κ1) is 18.7. The first-order valence-corrected chi connectivity index (χ1v) is 9.36. The summed E-state index contributed by atoms with van der Waals surface area (Å²) in [6.45, 7) is 8.61. The normalized spacial score (nSPS) is 19.0. The summed E-state index contributed by atoms with van der Waals surface area (Å²) >= 11 is 0. The van der Waals surface area contributed by atoms with Gasteiger partial charge in [0.05, 0.1) is 11.0 Å². The van der Waals surface area contributed by atoms with Crippen molar-refractivity contribution in [1.29, 1.82) is 0 Å². The van der Waals surface area contributed by atoms with E-state index in [0.717, 1.165) is 29.9 Å². The van der Waals surface area contributed by atoms with E-state index < -0.39 is 6.09 Å². The lowest BCUT2D eigenvalue weighted by molar-refractivity contribution is 0.166. The Morgan fingerprint density at radius 3 is 2.69 bits per heavy atom. The number of hydrogen-bond acceptors (Lipinski definition) is 3. The number of aromatic nitrogens is 2. The van der Waals surface area contributed by atoms with Gasteiger partial charge in [-0.05, 0) is 44.6 Å². The molecule has 0 radical (unpaired) electrons. The van der Waals surface area contributed by atoms with Crippen LogP contribution in [0.5, 0.6) is 0 Å². The van der Waals surface area contributed by atoms with Crippen molar-refractivity contribution < 1.29 is 9.90 Å². The Balaban J connectivity index is 2.05. The minimum atomic E-state index is -0.969. The maximum atomic E-state index is 11.3. The third-order valence-corrected chi connectivity index (χ3v) is 5.39. The molecular weight excluding hydrogens is 328 g/mol. The average Bonchev–Trinajstić information content (AvgIpc) is 2.94. The van der Waals surface area contributed by atoms with Crippen LogP contribution in [0, 0.1) is 0 Å². The molecule has 1 aliphatic heterocycles. The first-order valence-electron chi connectivity index (χ1n) is 9.36. The van der Waals surface area contributed by atoms with Crippen LogP contribution in [-0.4, -0.2) is 52.3 Å². The van der Waals surface area contributed by atoms with E-state index in [1.54, 1.807) is 7.05 Å². The van der Waals surface area contributed by atoms with Crippen molar-refractivity contribution in [3.8, 4) is 0 Å². The van der Waals surface area contributed by atoms with Crippen molar-refractivity contribution in [1.82, 2.24) is 14.5 Å². The summed E-state index contributed by atoms with van der Waals surface area (Å²) in [4.78, 5) is 19.8. The van der Waals surface area contributed by atoms with Gasteiger partial charge in [0, 0.05) is 30.7 Å². The molecule has 1 amide bonds. The molecule has 0 spiro atoms. The number of hydrogen-bond donors (Lipinski definition) is 1. The number of carboxylic acid groups (broad SMARTS) is 1. The molecule has 1 N–H and O–H groups in total. The molecule has 6 nitrogen and oxygen atoms in total. The van der Waals surface area contributed by atoms with E-state index in [1.807, 2.05) is 18.2 Å². The zero-order valence-corrected chi connectivity index (χ0v) is 16.5. The van der Waals surface area contributed by atoms with E-state index in [2.05, 4.69) is 37.3 Å². The molecule has 26 heavy (non-hydrogen) atoms. The fourth-order valence-electron chi connectivity index (χ4n) is 3.78. The lowest BCUT2D eigenvalue weighted by atomic mass is 9.95. The predicted octanol–water partition coefficient (Wildman–Crippen LogP) is 3.93. The predicted molar refractivity (Wildman–Crippen MR) is 105 cm³/mol. The lowest BCUT2D eigenvalue weighted by Crippen LogP contribution is -2.40. The smallest absolute Gasteiger partial charge is 0.411 e. The molecule has 1 aliphatic rings. The number of anilines is 1. The largest absolute Gasteiger partial charge is 0.465 e. The fraction of sp³-hybridized carbons (Fsp3) is 0.600. The van der Waals surface area contributed by atoms with E-state index in [-0.39, 0.29) is 5.41 Å². The third kappa shape index (κ3) is 3.56. The minimum Gasteiger partial charge on any atom is -0.465 e. The summed E-state index contributed by atoms with van der Waals surface area (Å²) in [5.41, 5.74) is 2.51. The lowest BCUT2D eigenvalue weighted by Gasteiger charge is -2.34. The quantitative estimate of drug-likeness (QED) is 0.903. The number of benzene rings is 1. The van der Waals surface area contributed by atoms with Crippen LogP contribution in [0.15, 0.2) is 18.2 Å². The van der Waals surface area contributed by atoms with Crippen molar-refractivity contribution >= 4 is 22.8 Å². The molecule has 1 unspecified atom stereocenters. The molecule has 1 fully saturated rings. The standard InChI is InChI=1S/C20H30N4O2/c1-20(2,3)18-21-16-12-14(23(5)19(25)26)9-10-17(16)24(18)13-15-8-6-7-11-22(15)4/h9-10,12,15H,6-8,11,13H2,1-5H3,(H,25,26). The van der Waals surface area contributed by atoms with Crippen LogP contribution in [-0.2, 0) is 12.0 Å². The van der Waals surface area contributed by atoms with Crippen LogP contribution >= 0.6 is 0 Å².